The predicted molar refractivity (Wildman–Crippen MR) is 128 cm³/mol. The summed E-state index contributed by atoms with van der Waals surface area (Å²) in [4.78, 5) is 12.8. The lowest BCUT2D eigenvalue weighted by Gasteiger charge is -2.17. The average Bonchev–Trinajstić information content (AvgIpc) is 3.20. The quantitative estimate of drug-likeness (QED) is 0.156. The molecule has 16 heteroatoms. The van der Waals surface area contributed by atoms with E-state index < -0.39 is 30.7 Å². The molecule has 0 fully saturated rings. The highest BCUT2D eigenvalue weighted by Crippen LogP contribution is 2.33. The number of ether oxygens (including phenoxy) is 1. The molecule has 9 nitrogen and oxygen atoms in total. The second-order valence-electron chi connectivity index (χ2n) is 8.22. The van der Waals surface area contributed by atoms with Crippen LogP contribution >= 0.6 is 11.5 Å². The van der Waals surface area contributed by atoms with Gasteiger partial charge >= 0.3 is 12.4 Å². The summed E-state index contributed by atoms with van der Waals surface area (Å²) in [6.07, 6.45) is -7.42. The van der Waals surface area contributed by atoms with E-state index in [4.69, 9.17) is 4.74 Å². The van der Waals surface area contributed by atoms with Crippen molar-refractivity contribution in [2.24, 2.45) is 0 Å². The maximum Gasteiger partial charge on any atom is 0.434 e. The van der Waals surface area contributed by atoms with Gasteiger partial charge in [0.2, 0.25) is 5.88 Å². The number of pyridine rings is 1. The van der Waals surface area contributed by atoms with Crippen LogP contribution in [0.4, 0.5) is 42.8 Å². The van der Waals surface area contributed by atoms with Crippen molar-refractivity contribution < 1.29 is 36.2 Å². The fourth-order valence-electron chi connectivity index (χ4n) is 3.17. The first-order chi connectivity index (χ1) is 17.8. The number of nitrogens with one attached hydrogen (secondary N) is 2. The minimum atomic E-state index is -4.61. The zero-order valence-corrected chi connectivity index (χ0v) is 21.1. The maximum absolute atomic E-state index is 12.7. The van der Waals surface area contributed by atoms with E-state index in [1.54, 1.807) is 31.0 Å². The molecule has 0 saturated carbocycles. The number of rotatable bonds is 12. The first-order valence-corrected chi connectivity index (χ1v) is 12.0. The summed E-state index contributed by atoms with van der Waals surface area (Å²) in [5.41, 5.74) is 0.179. The van der Waals surface area contributed by atoms with E-state index in [9.17, 15) is 31.4 Å². The molecule has 0 amide bonds. The molecule has 3 aromatic rings. The number of aliphatic hydroxyl groups excluding tert-OH is 1. The van der Waals surface area contributed by atoms with Crippen LogP contribution in [0, 0.1) is 6.92 Å². The van der Waals surface area contributed by atoms with Gasteiger partial charge in [0.05, 0.1) is 48.6 Å². The molecule has 0 radical (unpaired) electrons. The van der Waals surface area contributed by atoms with E-state index in [1.807, 2.05) is 0 Å². The molecule has 3 N–H and O–H groups in total. The summed E-state index contributed by atoms with van der Waals surface area (Å²) < 4.78 is 84.6. The number of alkyl halides is 6. The fourth-order valence-corrected chi connectivity index (χ4v) is 4.00. The molecule has 3 rings (SSSR count). The number of hydrogen-bond donors (Lipinski definition) is 3. The Morgan fingerprint density at radius 3 is 2.42 bits per heavy atom. The molecule has 0 aliphatic rings. The normalized spacial score (nSPS) is 13.0. The van der Waals surface area contributed by atoms with Gasteiger partial charge in [-0.2, -0.15) is 30.7 Å². The van der Waals surface area contributed by atoms with Crippen LogP contribution in [0.25, 0.3) is 0 Å². The summed E-state index contributed by atoms with van der Waals surface area (Å²) in [5.74, 6) is 0.351. The van der Waals surface area contributed by atoms with Gasteiger partial charge in [-0.15, -0.1) is 0 Å². The van der Waals surface area contributed by atoms with E-state index in [0.29, 0.717) is 47.0 Å². The van der Waals surface area contributed by atoms with Crippen molar-refractivity contribution in [3.8, 4) is 5.88 Å². The van der Waals surface area contributed by atoms with Gasteiger partial charge in [0.25, 0.3) is 0 Å². The first-order valence-electron chi connectivity index (χ1n) is 11.2. The van der Waals surface area contributed by atoms with E-state index in [0.717, 1.165) is 17.7 Å². The van der Waals surface area contributed by atoms with Gasteiger partial charge in [-0.05, 0) is 38.0 Å². The number of hydrogen-bond acceptors (Lipinski definition) is 10. The third-order valence-corrected chi connectivity index (χ3v) is 5.99. The summed E-state index contributed by atoms with van der Waals surface area (Å²) >= 11 is 0.994. The molecule has 0 aromatic carbocycles. The van der Waals surface area contributed by atoms with Crippen LogP contribution in [0.3, 0.4) is 0 Å². The van der Waals surface area contributed by atoms with Crippen molar-refractivity contribution >= 4 is 28.0 Å². The Morgan fingerprint density at radius 2 is 1.82 bits per heavy atom. The van der Waals surface area contributed by atoms with Crippen molar-refractivity contribution in [2.75, 3.05) is 37.4 Å². The highest BCUT2D eigenvalue weighted by molar-refractivity contribution is 7.10. The zero-order chi connectivity index (χ0) is 27.9. The van der Waals surface area contributed by atoms with Crippen LogP contribution in [-0.4, -0.2) is 62.3 Å². The van der Waals surface area contributed by atoms with Crippen molar-refractivity contribution in [2.45, 2.75) is 38.3 Å². The van der Waals surface area contributed by atoms with E-state index in [-0.39, 0.29) is 19.0 Å². The number of nitrogens with zero attached hydrogens (tertiary/aromatic N) is 5. The van der Waals surface area contributed by atoms with E-state index >= 15 is 0 Å². The number of aliphatic hydroxyl groups is 1. The lowest BCUT2D eigenvalue weighted by molar-refractivity contribution is -0.141. The second-order valence-corrected chi connectivity index (χ2v) is 9.00. The Hall–Kier alpha value is -3.24. The highest BCUT2D eigenvalue weighted by atomic mass is 32.1. The fraction of sp³-hybridized carbons (Fsp3) is 0.455. The van der Waals surface area contributed by atoms with Gasteiger partial charge in [0, 0.05) is 19.2 Å². The third-order valence-electron chi connectivity index (χ3n) is 5.12. The summed E-state index contributed by atoms with van der Waals surface area (Å²) in [5, 5.41) is 16.8. The van der Waals surface area contributed by atoms with Gasteiger partial charge in [-0.3, -0.25) is 0 Å². The Bertz CT molecular complexity index is 1160. The standard InChI is InChI=1S/C22H25F6N7O2S/c1-13-18(20(38-34-13)33-16-12-29-15(11-30-16)22(26,27)28)19(36)32-14-4-5-17(31-10-14)37-9-3-7-35(2)8-6-21(23,24)25/h4-5,10-12,19,32,36H,3,6-9H2,1-2H3,(H,30,33). The molecule has 0 saturated heterocycles. The molecule has 1 atom stereocenters. The molecule has 3 aromatic heterocycles. The topological polar surface area (TPSA) is 108 Å². The Labute approximate surface area is 218 Å². The molecule has 208 valence electrons. The largest absolute Gasteiger partial charge is 0.478 e. The monoisotopic (exact) mass is 565 g/mol. The van der Waals surface area contributed by atoms with E-state index in [1.165, 1.54) is 6.20 Å². The predicted octanol–water partition coefficient (Wildman–Crippen LogP) is 5.16. The van der Waals surface area contributed by atoms with Crippen LogP contribution < -0.4 is 15.4 Å². The molecule has 0 bridgehead atoms. The molecule has 0 aliphatic carbocycles. The van der Waals surface area contributed by atoms with Gasteiger partial charge in [0.15, 0.2) is 11.9 Å². The Kier molecular flexibility index (Phi) is 9.67. The van der Waals surface area contributed by atoms with Crippen molar-refractivity contribution in [3.05, 3.63) is 47.7 Å². The Balaban J connectivity index is 1.51. The third kappa shape index (κ3) is 8.95. The second kappa shape index (κ2) is 12.5. The molecule has 1 unspecified atom stereocenters. The zero-order valence-electron chi connectivity index (χ0n) is 20.3. The molecular formula is C22H25F6N7O2S. The molecule has 3 heterocycles. The number of anilines is 3. The van der Waals surface area contributed by atoms with Crippen LogP contribution in [0.2, 0.25) is 0 Å². The van der Waals surface area contributed by atoms with Crippen LogP contribution in [0.15, 0.2) is 30.7 Å². The summed E-state index contributed by atoms with van der Waals surface area (Å²) in [7, 11) is 1.61. The molecule has 38 heavy (non-hydrogen) atoms. The average molecular weight is 566 g/mol. The highest BCUT2D eigenvalue weighted by Gasteiger charge is 2.33. The minimum absolute atomic E-state index is 0.0461. The summed E-state index contributed by atoms with van der Waals surface area (Å²) in [6, 6.07) is 3.18. The van der Waals surface area contributed by atoms with Crippen molar-refractivity contribution in [1.29, 1.82) is 0 Å². The molecule has 0 aliphatic heterocycles. The maximum atomic E-state index is 12.7. The van der Waals surface area contributed by atoms with E-state index in [2.05, 4.69) is 30.0 Å². The van der Waals surface area contributed by atoms with Crippen LogP contribution in [0.1, 0.15) is 36.0 Å². The minimum Gasteiger partial charge on any atom is -0.478 e. The number of aryl methyl sites for hydroxylation is 1. The lowest BCUT2D eigenvalue weighted by Crippen LogP contribution is -2.26. The SMILES string of the molecule is Cc1nsc(Nc2cnc(C(F)(F)F)cn2)c1C(O)Nc1ccc(OCCCN(C)CCC(F)(F)F)nc1. The van der Waals surface area contributed by atoms with Gasteiger partial charge in [-0.1, -0.05) is 0 Å². The summed E-state index contributed by atoms with van der Waals surface area (Å²) in [6.45, 7) is 2.28. The van der Waals surface area contributed by atoms with Crippen LogP contribution in [-0.2, 0) is 6.18 Å². The molecular weight excluding hydrogens is 540 g/mol. The number of aromatic nitrogens is 4. The lowest BCUT2D eigenvalue weighted by atomic mass is 10.2. The first kappa shape index (κ1) is 29.3. The van der Waals surface area contributed by atoms with Crippen LogP contribution in [0.5, 0.6) is 5.88 Å². The van der Waals surface area contributed by atoms with Gasteiger partial charge in [-0.25, -0.2) is 15.0 Å². The van der Waals surface area contributed by atoms with Crippen molar-refractivity contribution in [3.63, 3.8) is 0 Å². The van der Waals surface area contributed by atoms with Gasteiger partial charge < -0.3 is 25.4 Å². The molecule has 0 spiro atoms. The van der Waals surface area contributed by atoms with Gasteiger partial charge in [0.1, 0.15) is 10.8 Å². The smallest absolute Gasteiger partial charge is 0.434 e. The number of halogens is 6. The van der Waals surface area contributed by atoms with Crippen molar-refractivity contribution in [1.82, 2.24) is 24.2 Å². The Morgan fingerprint density at radius 1 is 1.05 bits per heavy atom.